The first-order valence-corrected chi connectivity index (χ1v) is 7.97. The monoisotopic (exact) mass is 358 g/mol. The molecule has 1 fully saturated rings. The third kappa shape index (κ3) is 3.18. The number of hydrogen-bond acceptors (Lipinski definition) is 7. The molecule has 1 amide bonds. The number of carbonyl (C=O) groups excluding carboxylic acids is 1. The zero-order chi connectivity index (χ0) is 18.1. The molecular formula is C16H15FN6O3. The molecule has 1 aliphatic rings. The number of aliphatic hydroxyl groups excluding tert-OH is 1. The Labute approximate surface area is 147 Å². The minimum atomic E-state index is -1.43. The molecule has 3 aromatic heterocycles. The van der Waals surface area contributed by atoms with Gasteiger partial charge in [-0.15, -0.1) is 5.10 Å². The van der Waals surface area contributed by atoms with Gasteiger partial charge in [-0.25, -0.2) is 14.1 Å². The van der Waals surface area contributed by atoms with Gasteiger partial charge >= 0.3 is 0 Å². The number of aliphatic hydroxyl groups is 1. The maximum absolute atomic E-state index is 13.4. The topological polar surface area (TPSA) is 110 Å². The molecule has 0 saturated carbocycles. The van der Waals surface area contributed by atoms with E-state index in [2.05, 4.69) is 20.3 Å². The lowest BCUT2D eigenvalue weighted by atomic mass is 10.2. The van der Waals surface area contributed by atoms with Crippen molar-refractivity contribution in [3.63, 3.8) is 0 Å². The molecule has 0 aliphatic carbocycles. The van der Waals surface area contributed by atoms with E-state index in [1.165, 1.54) is 11.2 Å². The van der Waals surface area contributed by atoms with Crippen molar-refractivity contribution >= 4 is 5.91 Å². The maximum Gasteiger partial charge on any atom is 0.276 e. The number of aromatic nitrogens is 5. The molecule has 9 nitrogen and oxygen atoms in total. The molecule has 4 heterocycles. The van der Waals surface area contributed by atoms with Gasteiger partial charge < -0.3 is 14.4 Å². The molecule has 2 atom stereocenters. The number of β-amino-alcohol motifs (C(OH)–C–C–N with tert-alkyl or cyclic N) is 1. The first kappa shape index (κ1) is 16.3. The number of likely N-dealkylation sites (tertiary alicyclic amines) is 1. The standard InChI is InChI=1S/C16H15FN6O3/c17-12-7-22(8-14(12)24)16(25)13-9-26-15(20-13)5-10-1-2-11(6-18-10)23-4-3-19-21-23/h1-4,6,9,12,14,24H,5,7-8H2/t12-,14-/m1/s1. The van der Waals surface area contributed by atoms with Crippen LogP contribution in [-0.4, -0.2) is 66.2 Å². The summed E-state index contributed by atoms with van der Waals surface area (Å²) in [7, 11) is 0. The Hall–Kier alpha value is -3.14. The third-order valence-corrected chi connectivity index (χ3v) is 4.11. The largest absolute Gasteiger partial charge is 0.448 e. The van der Waals surface area contributed by atoms with Gasteiger partial charge in [0.1, 0.15) is 18.5 Å². The van der Waals surface area contributed by atoms with Crippen molar-refractivity contribution in [3.05, 3.63) is 54.3 Å². The van der Waals surface area contributed by atoms with Crippen LogP contribution in [0.5, 0.6) is 0 Å². The van der Waals surface area contributed by atoms with E-state index in [1.54, 1.807) is 29.3 Å². The molecule has 26 heavy (non-hydrogen) atoms. The van der Waals surface area contributed by atoms with Crippen LogP contribution in [0.25, 0.3) is 5.69 Å². The van der Waals surface area contributed by atoms with Gasteiger partial charge in [0.25, 0.3) is 5.91 Å². The fraction of sp³-hybridized carbons (Fsp3) is 0.312. The van der Waals surface area contributed by atoms with E-state index in [1.807, 2.05) is 6.07 Å². The highest BCUT2D eigenvalue weighted by atomic mass is 19.1. The van der Waals surface area contributed by atoms with Gasteiger partial charge in [0.05, 0.1) is 43.8 Å². The quantitative estimate of drug-likeness (QED) is 0.718. The van der Waals surface area contributed by atoms with Crippen LogP contribution >= 0.6 is 0 Å². The van der Waals surface area contributed by atoms with Crippen LogP contribution in [0.3, 0.4) is 0 Å². The molecule has 0 radical (unpaired) electrons. The number of alkyl halides is 1. The lowest BCUT2D eigenvalue weighted by Gasteiger charge is -2.12. The van der Waals surface area contributed by atoms with Gasteiger partial charge in [-0.05, 0) is 12.1 Å². The van der Waals surface area contributed by atoms with E-state index in [0.717, 1.165) is 5.69 Å². The van der Waals surface area contributed by atoms with E-state index < -0.39 is 18.2 Å². The van der Waals surface area contributed by atoms with E-state index in [-0.39, 0.29) is 18.8 Å². The molecule has 0 aromatic carbocycles. The highest BCUT2D eigenvalue weighted by Crippen LogP contribution is 2.17. The Balaban J connectivity index is 1.43. The Kier molecular flexibility index (Phi) is 4.17. The number of rotatable bonds is 4. The summed E-state index contributed by atoms with van der Waals surface area (Å²) in [5.41, 5.74) is 1.55. The summed E-state index contributed by atoms with van der Waals surface area (Å²) >= 11 is 0. The number of halogens is 1. The number of hydrogen-bond donors (Lipinski definition) is 1. The highest BCUT2D eigenvalue weighted by molar-refractivity contribution is 5.92. The van der Waals surface area contributed by atoms with Gasteiger partial charge in [0.2, 0.25) is 5.89 Å². The van der Waals surface area contributed by atoms with Gasteiger partial charge in [-0.1, -0.05) is 5.21 Å². The number of carbonyl (C=O) groups is 1. The van der Waals surface area contributed by atoms with Crippen molar-refractivity contribution < 1.29 is 18.7 Å². The fourth-order valence-corrected chi connectivity index (χ4v) is 2.72. The molecule has 1 aliphatic heterocycles. The Bertz CT molecular complexity index is 885. The molecule has 0 bridgehead atoms. The second-order valence-electron chi connectivity index (χ2n) is 5.95. The average molecular weight is 358 g/mol. The van der Waals surface area contributed by atoms with Gasteiger partial charge in [0.15, 0.2) is 5.69 Å². The van der Waals surface area contributed by atoms with Crippen molar-refractivity contribution in [1.29, 1.82) is 0 Å². The number of oxazole rings is 1. The van der Waals surface area contributed by atoms with Crippen LogP contribution in [0.2, 0.25) is 0 Å². The van der Waals surface area contributed by atoms with Crippen molar-refractivity contribution in [2.45, 2.75) is 18.7 Å². The zero-order valence-corrected chi connectivity index (χ0v) is 13.6. The molecule has 0 spiro atoms. The van der Waals surface area contributed by atoms with Gasteiger partial charge in [-0.2, -0.15) is 0 Å². The lowest BCUT2D eigenvalue weighted by molar-refractivity contribution is 0.0758. The van der Waals surface area contributed by atoms with E-state index in [0.29, 0.717) is 18.0 Å². The molecule has 1 saturated heterocycles. The van der Waals surface area contributed by atoms with Crippen LogP contribution in [0, 0.1) is 0 Å². The van der Waals surface area contributed by atoms with Crippen molar-refractivity contribution in [1.82, 2.24) is 29.9 Å². The first-order valence-electron chi connectivity index (χ1n) is 7.97. The summed E-state index contributed by atoms with van der Waals surface area (Å²) in [6, 6.07) is 3.63. The third-order valence-electron chi connectivity index (χ3n) is 4.11. The minimum Gasteiger partial charge on any atom is -0.448 e. The molecule has 0 unspecified atom stereocenters. The van der Waals surface area contributed by atoms with Crippen LogP contribution in [0.4, 0.5) is 4.39 Å². The summed E-state index contributed by atoms with van der Waals surface area (Å²) in [5, 5.41) is 17.0. The summed E-state index contributed by atoms with van der Waals surface area (Å²) in [6.45, 7) is -0.193. The Morgan fingerprint density at radius 3 is 2.92 bits per heavy atom. The summed E-state index contributed by atoms with van der Waals surface area (Å²) in [4.78, 5) is 22.0. The summed E-state index contributed by atoms with van der Waals surface area (Å²) in [5.74, 6) is -0.139. The smallest absolute Gasteiger partial charge is 0.276 e. The van der Waals surface area contributed by atoms with E-state index >= 15 is 0 Å². The average Bonchev–Trinajstić information content (AvgIpc) is 3.38. The minimum absolute atomic E-state index is 0.0481. The van der Waals surface area contributed by atoms with Crippen molar-refractivity contribution in [3.8, 4) is 5.69 Å². The molecule has 3 aromatic rings. The Morgan fingerprint density at radius 1 is 1.38 bits per heavy atom. The summed E-state index contributed by atoms with van der Waals surface area (Å²) in [6.07, 6.45) is 3.88. The van der Waals surface area contributed by atoms with E-state index in [4.69, 9.17) is 4.42 Å². The van der Waals surface area contributed by atoms with Gasteiger partial charge in [0, 0.05) is 5.69 Å². The summed E-state index contributed by atoms with van der Waals surface area (Å²) < 4.78 is 20.3. The predicted molar refractivity (Wildman–Crippen MR) is 85.3 cm³/mol. The second-order valence-corrected chi connectivity index (χ2v) is 5.95. The molecule has 1 N–H and O–H groups in total. The van der Waals surface area contributed by atoms with E-state index in [9.17, 15) is 14.3 Å². The number of amides is 1. The fourth-order valence-electron chi connectivity index (χ4n) is 2.72. The molecule has 134 valence electrons. The van der Waals surface area contributed by atoms with Gasteiger partial charge in [-0.3, -0.25) is 9.78 Å². The first-order chi connectivity index (χ1) is 12.6. The molecule has 4 rings (SSSR count). The SMILES string of the molecule is O=C(c1coc(Cc2ccc(-n3ccnn3)cn2)n1)N1C[C@@H](O)[C@H](F)C1. The second kappa shape index (κ2) is 6.64. The number of pyridine rings is 1. The zero-order valence-electron chi connectivity index (χ0n) is 13.6. The van der Waals surface area contributed by atoms with Crippen molar-refractivity contribution in [2.75, 3.05) is 13.1 Å². The normalized spacial score (nSPS) is 19.8. The molecule has 10 heteroatoms. The van der Waals surface area contributed by atoms with Crippen LogP contribution in [-0.2, 0) is 6.42 Å². The molecular weight excluding hydrogens is 343 g/mol. The van der Waals surface area contributed by atoms with Crippen LogP contribution in [0.1, 0.15) is 22.1 Å². The van der Waals surface area contributed by atoms with Crippen LogP contribution in [0.15, 0.2) is 41.4 Å². The highest BCUT2D eigenvalue weighted by Gasteiger charge is 2.35. The maximum atomic E-state index is 13.4. The lowest BCUT2D eigenvalue weighted by Crippen LogP contribution is -2.29. The Morgan fingerprint density at radius 2 is 2.27 bits per heavy atom. The predicted octanol–water partition coefficient (Wildman–Crippen LogP) is 0.396. The van der Waals surface area contributed by atoms with Crippen LogP contribution < -0.4 is 0 Å². The van der Waals surface area contributed by atoms with Crippen molar-refractivity contribution in [2.24, 2.45) is 0 Å². The number of nitrogens with zero attached hydrogens (tertiary/aromatic N) is 6.